The number of carboxylic acids is 1. The summed E-state index contributed by atoms with van der Waals surface area (Å²) < 4.78 is 0. The molecule has 4 N–H and O–H groups in total. The van der Waals surface area contributed by atoms with Crippen molar-refractivity contribution in [3.63, 3.8) is 0 Å². The summed E-state index contributed by atoms with van der Waals surface area (Å²) in [5.74, 6) is -1.56. The number of aliphatic carboxylic acids is 1. The predicted molar refractivity (Wildman–Crippen MR) is 56.9 cm³/mol. The molecule has 1 heterocycles. The lowest BCUT2D eigenvalue weighted by molar-refractivity contribution is -0.144. The summed E-state index contributed by atoms with van der Waals surface area (Å²) in [6.45, 7) is 2.05. The third-order valence-electron chi connectivity index (χ3n) is 3.07. The van der Waals surface area contributed by atoms with Crippen molar-refractivity contribution >= 4 is 11.9 Å². The van der Waals surface area contributed by atoms with Gasteiger partial charge >= 0.3 is 5.97 Å². The van der Waals surface area contributed by atoms with Crippen LogP contribution in [-0.2, 0) is 9.59 Å². The molecule has 0 radical (unpaired) electrons. The second-order valence-corrected chi connectivity index (χ2v) is 4.01. The van der Waals surface area contributed by atoms with Gasteiger partial charge in [0.05, 0.1) is 12.1 Å². The third-order valence-corrected chi connectivity index (χ3v) is 3.07. The molecular weight excluding hydrogens is 212 g/mol. The Morgan fingerprint density at radius 3 is 2.62 bits per heavy atom. The van der Waals surface area contributed by atoms with E-state index in [2.05, 4.69) is 10.6 Å². The first-order chi connectivity index (χ1) is 7.55. The zero-order valence-electron chi connectivity index (χ0n) is 9.32. The van der Waals surface area contributed by atoms with Crippen LogP contribution in [-0.4, -0.2) is 46.8 Å². The monoisotopic (exact) mass is 230 g/mol. The lowest BCUT2D eigenvalue weighted by atomic mass is 9.93. The van der Waals surface area contributed by atoms with E-state index in [-0.39, 0.29) is 5.91 Å². The Balaban J connectivity index is 2.65. The van der Waals surface area contributed by atoms with Gasteiger partial charge in [0.25, 0.3) is 0 Å². The first-order valence-electron chi connectivity index (χ1n) is 5.45. The van der Waals surface area contributed by atoms with Gasteiger partial charge in [0.2, 0.25) is 5.91 Å². The molecule has 0 saturated carbocycles. The van der Waals surface area contributed by atoms with Gasteiger partial charge in [0, 0.05) is 0 Å². The molecule has 1 fully saturated rings. The predicted octanol–water partition coefficient (Wildman–Crippen LogP) is -0.920. The zero-order chi connectivity index (χ0) is 12.2. The lowest BCUT2D eigenvalue weighted by Crippen LogP contribution is -2.57. The van der Waals surface area contributed by atoms with Gasteiger partial charge in [-0.2, -0.15) is 0 Å². The molecule has 92 valence electrons. The molecule has 0 aromatic carbocycles. The quantitative estimate of drug-likeness (QED) is 0.489. The van der Waals surface area contributed by atoms with Crippen LogP contribution in [0.2, 0.25) is 0 Å². The number of carbonyl (C=O) groups excluding carboxylic acids is 1. The van der Waals surface area contributed by atoms with Crippen LogP contribution in [0.1, 0.15) is 26.2 Å². The highest BCUT2D eigenvalue weighted by Gasteiger charge is 2.40. The van der Waals surface area contributed by atoms with Gasteiger partial charge in [-0.05, 0) is 25.8 Å². The summed E-state index contributed by atoms with van der Waals surface area (Å²) in [6, 6.07) is -1.22. The number of carboxylic acid groups (broad SMARTS) is 1. The van der Waals surface area contributed by atoms with Gasteiger partial charge in [0.1, 0.15) is 6.04 Å². The molecule has 1 aliphatic heterocycles. The Hall–Kier alpha value is -1.14. The maximum atomic E-state index is 11.9. The van der Waals surface area contributed by atoms with E-state index in [4.69, 9.17) is 10.2 Å². The molecule has 0 aromatic heterocycles. The Morgan fingerprint density at radius 2 is 2.25 bits per heavy atom. The topological polar surface area (TPSA) is 98.7 Å². The van der Waals surface area contributed by atoms with Crippen LogP contribution in [0.4, 0.5) is 0 Å². The van der Waals surface area contributed by atoms with E-state index in [1.165, 1.54) is 0 Å². The second-order valence-electron chi connectivity index (χ2n) is 4.01. The Bertz CT molecular complexity index is 274. The average Bonchev–Trinajstić information content (AvgIpc) is 2.74. The molecule has 16 heavy (non-hydrogen) atoms. The van der Waals surface area contributed by atoms with Crippen LogP contribution >= 0.6 is 0 Å². The van der Waals surface area contributed by atoms with Gasteiger partial charge in [-0.15, -0.1) is 0 Å². The molecule has 0 spiro atoms. The highest BCUT2D eigenvalue weighted by atomic mass is 16.4. The van der Waals surface area contributed by atoms with Crippen molar-refractivity contribution in [2.75, 3.05) is 13.2 Å². The number of aliphatic hydroxyl groups is 1. The molecule has 0 bridgehead atoms. The first kappa shape index (κ1) is 12.9. The Morgan fingerprint density at radius 1 is 1.56 bits per heavy atom. The maximum Gasteiger partial charge on any atom is 0.328 e. The van der Waals surface area contributed by atoms with Crippen molar-refractivity contribution < 1.29 is 19.8 Å². The van der Waals surface area contributed by atoms with Crippen molar-refractivity contribution in [1.82, 2.24) is 10.6 Å². The van der Waals surface area contributed by atoms with E-state index in [1.807, 2.05) is 6.92 Å². The molecule has 6 nitrogen and oxygen atoms in total. The van der Waals surface area contributed by atoms with Crippen molar-refractivity contribution in [3.05, 3.63) is 0 Å². The molecule has 2 atom stereocenters. The molecule has 0 aromatic rings. The van der Waals surface area contributed by atoms with Gasteiger partial charge in [-0.3, -0.25) is 4.79 Å². The fraction of sp³-hybridized carbons (Fsp3) is 0.800. The summed E-state index contributed by atoms with van der Waals surface area (Å²) in [5, 5.41) is 23.0. The largest absolute Gasteiger partial charge is 0.480 e. The van der Waals surface area contributed by atoms with Gasteiger partial charge in [-0.1, -0.05) is 6.92 Å². The Labute approximate surface area is 94.0 Å². The molecule has 6 heteroatoms. The molecular formula is C10H18N2O4. The fourth-order valence-electron chi connectivity index (χ4n) is 1.94. The molecule has 1 amide bonds. The van der Waals surface area contributed by atoms with Gasteiger partial charge in [-0.25, -0.2) is 4.79 Å². The molecule has 0 aliphatic carbocycles. The van der Waals surface area contributed by atoms with Crippen LogP contribution < -0.4 is 10.6 Å². The highest BCUT2D eigenvalue weighted by molar-refractivity contribution is 5.90. The minimum atomic E-state index is -1.22. The number of aliphatic hydroxyl groups excluding tert-OH is 1. The Kier molecular flexibility index (Phi) is 4.26. The van der Waals surface area contributed by atoms with E-state index in [1.54, 1.807) is 0 Å². The van der Waals surface area contributed by atoms with Crippen molar-refractivity contribution in [3.8, 4) is 0 Å². The number of amides is 1. The van der Waals surface area contributed by atoms with Crippen molar-refractivity contribution in [2.24, 2.45) is 0 Å². The summed E-state index contributed by atoms with van der Waals surface area (Å²) in [5.41, 5.74) is -0.664. The average molecular weight is 230 g/mol. The smallest absolute Gasteiger partial charge is 0.328 e. The minimum Gasteiger partial charge on any atom is -0.480 e. The second kappa shape index (κ2) is 5.27. The summed E-state index contributed by atoms with van der Waals surface area (Å²) >= 11 is 0. The minimum absolute atomic E-state index is 0.339. The molecule has 2 unspecified atom stereocenters. The van der Waals surface area contributed by atoms with E-state index < -0.39 is 24.2 Å². The van der Waals surface area contributed by atoms with E-state index >= 15 is 0 Å². The highest BCUT2D eigenvalue weighted by Crippen LogP contribution is 2.23. The third kappa shape index (κ3) is 2.51. The summed E-state index contributed by atoms with van der Waals surface area (Å²) in [6.07, 6.45) is 2.21. The van der Waals surface area contributed by atoms with Crippen molar-refractivity contribution in [1.29, 1.82) is 0 Å². The number of carbonyl (C=O) groups is 2. The maximum absolute atomic E-state index is 11.9. The van der Waals surface area contributed by atoms with Crippen LogP contribution in [0.15, 0.2) is 0 Å². The van der Waals surface area contributed by atoms with E-state index in [0.29, 0.717) is 12.8 Å². The standard InChI is InChI=1S/C10H18N2O4/c1-2-10(4-3-5-11-10)9(16)12-7(6-13)8(14)15/h7,11,13H,2-6H2,1H3,(H,12,16)(H,14,15). The summed E-state index contributed by atoms with van der Waals surface area (Å²) in [4.78, 5) is 22.6. The molecule has 1 aliphatic rings. The number of rotatable bonds is 5. The number of nitrogens with one attached hydrogen (secondary N) is 2. The van der Waals surface area contributed by atoms with Crippen LogP contribution in [0.5, 0.6) is 0 Å². The zero-order valence-corrected chi connectivity index (χ0v) is 9.32. The lowest BCUT2D eigenvalue weighted by Gasteiger charge is -2.28. The normalized spacial score (nSPS) is 26.4. The molecule has 1 saturated heterocycles. The van der Waals surface area contributed by atoms with Gasteiger partial charge in [0.15, 0.2) is 0 Å². The van der Waals surface area contributed by atoms with Crippen LogP contribution in [0.3, 0.4) is 0 Å². The fourth-order valence-corrected chi connectivity index (χ4v) is 1.94. The van der Waals surface area contributed by atoms with Gasteiger partial charge < -0.3 is 20.8 Å². The first-order valence-corrected chi connectivity index (χ1v) is 5.45. The number of hydrogen-bond acceptors (Lipinski definition) is 4. The van der Waals surface area contributed by atoms with Crippen LogP contribution in [0.25, 0.3) is 0 Å². The van der Waals surface area contributed by atoms with E-state index in [9.17, 15) is 9.59 Å². The van der Waals surface area contributed by atoms with Crippen LogP contribution in [0, 0.1) is 0 Å². The van der Waals surface area contributed by atoms with Crippen molar-refractivity contribution in [2.45, 2.75) is 37.8 Å². The number of hydrogen-bond donors (Lipinski definition) is 4. The summed E-state index contributed by atoms with van der Waals surface area (Å²) in [7, 11) is 0. The van der Waals surface area contributed by atoms with E-state index in [0.717, 1.165) is 13.0 Å². The SMILES string of the molecule is CCC1(C(=O)NC(CO)C(=O)O)CCCN1. The molecule has 1 rings (SSSR count).